The van der Waals surface area contributed by atoms with E-state index in [1.54, 1.807) is 18.3 Å². The first-order valence-corrected chi connectivity index (χ1v) is 8.19. The molecule has 0 spiro atoms. The van der Waals surface area contributed by atoms with Gasteiger partial charge in [-0.3, -0.25) is 20.4 Å². The van der Waals surface area contributed by atoms with Gasteiger partial charge in [-0.15, -0.1) is 11.3 Å². The molecular formula is C15H15N5O3S. The van der Waals surface area contributed by atoms with Crippen molar-refractivity contribution in [1.29, 1.82) is 0 Å². The number of aryl methyl sites for hydroxylation is 1. The Labute approximate surface area is 141 Å². The summed E-state index contributed by atoms with van der Waals surface area (Å²) >= 11 is 1.53. The van der Waals surface area contributed by atoms with Gasteiger partial charge in [-0.25, -0.2) is 0 Å². The molecule has 3 aromatic heterocycles. The molecule has 0 saturated carbocycles. The van der Waals surface area contributed by atoms with Gasteiger partial charge in [0.1, 0.15) is 5.69 Å². The Kier molecular flexibility index (Phi) is 5.02. The van der Waals surface area contributed by atoms with Crippen LogP contribution in [0.5, 0.6) is 0 Å². The molecule has 0 aromatic carbocycles. The number of nitrogens with zero attached hydrogens (tertiary/aromatic N) is 2. The Morgan fingerprint density at radius 2 is 2.17 bits per heavy atom. The predicted molar refractivity (Wildman–Crippen MR) is 87.0 cm³/mol. The molecule has 0 radical (unpaired) electrons. The minimum Gasteiger partial charge on any atom is -0.357 e. The third-order valence-electron chi connectivity index (χ3n) is 3.16. The van der Waals surface area contributed by atoms with Gasteiger partial charge < -0.3 is 9.51 Å². The molecule has 0 unspecified atom stereocenters. The van der Waals surface area contributed by atoms with E-state index in [1.165, 1.54) is 11.3 Å². The zero-order valence-corrected chi connectivity index (χ0v) is 13.4. The molecule has 0 bridgehead atoms. The van der Waals surface area contributed by atoms with Gasteiger partial charge in [0.05, 0.1) is 4.88 Å². The molecule has 0 fully saturated rings. The maximum Gasteiger partial charge on any atom is 0.286 e. The molecule has 0 saturated heterocycles. The normalized spacial score (nSPS) is 10.5. The van der Waals surface area contributed by atoms with Crippen molar-refractivity contribution in [3.63, 3.8) is 0 Å². The first kappa shape index (κ1) is 15.9. The summed E-state index contributed by atoms with van der Waals surface area (Å²) in [7, 11) is 0. The third kappa shape index (κ3) is 4.07. The highest BCUT2D eigenvalue weighted by molar-refractivity contribution is 7.13. The Bertz CT molecular complexity index is 795. The number of nitrogens with one attached hydrogen (secondary N) is 3. The largest absolute Gasteiger partial charge is 0.357 e. The van der Waals surface area contributed by atoms with Gasteiger partial charge >= 0.3 is 0 Å². The molecule has 3 N–H and O–H groups in total. The quantitative estimate of drug-likeness (QED) is 0.591. The van der Waals surface area contributed by atoms with Crippen LogP contribution in [0.3, 0.4) is 0 Å². The van der Waals surface area contributed by atoms with Crippen LogP contribution in [0.4, 0.5) is 0 Å². The van der Waals surface area contributed by atoms with Crippen LogP contribution in [-0.4, -0.2) is 26.9 Å². The minimum absolute atomic E-state index is 0.238. The van der Waals surface area contributed by atoms with Crippen molar-refractivity contribution in [2.75, 3.05) is 0 Å². The third-order valence-corrected chi connectivity index (χ3v) is 4.03. The van der Waals surface area contributed by atoms with Crippen molar-refractivity contribution < 1.29 is 14.1 Å². The molecule has 3 aromatic rings. The summed E-state index contributed by atoms with van der Waals surface area (Å²) in [5.74, 6) is 0.364. The standard InChI is InChI=1S/C15H15N5O3S/c21-12(18-19-15(22)10-4-2-8-16-10)6-1-7-13-17-14(20-23-13)11-5-3-9-24-11/h2-5,8-9,16H,1,6-7H2,(H,18,21)(H,19,22). The number of amides is 2. The lowest BCUT2D eigenvalue weighted by Gasteiger charge is -2.05. The molecule has 2 amide bonds. The first-order valence-electron chi connectivity index (χ1n) is 7.31. The first-order chi connectivity index (χ1) is 11.7. The van der Waals surface area contributed by atoms with E-state index in [1.807, 2.05) is 17.5 Å². The van der Waals surface area contributed by atoms with Crippen LogP contribution in [0.2, 0.25) is 0 Å². The van der Waals surface area contributed by atoms with Crippen LogP contribution in [0.1, 0.15) is 29.2 Å². The average molecular weight is 345 g/mol. The zero-order valence-electron chi connectivity index (χ0n) is 12.6. The molecule has 3 heterocycles. The summed E-state index contributed by atoms with van der Waals surface area (Å²) in [4.78, 5) is 31.3. The molecule has 124 valence electrons. The summed E-state index contributed by atoms with van der Waals surface area (Å²) in [6.45, 7) is 0. The highest BCUT2D eigenvalue weighted by Crippen LogP contribution is 2.21. The van der Waals surface area contributed by atoms with Gasteiger partial charge in [0.25, 0.3) is 5.91 Å². The van der Waals surface area contributed by atoms with Crippen molar-refractivity contribution in [1.82, 2.24) is 26.0 Å². The number of aromatic amines is 1. The Balaban J connectivity index is 1.38. The number of hydrogen-bond donors (Lipinski definition) is 3. The molecule has 0 aliphatic rings. The van der Waals surface area contributed by atoms with Gasteiger partial charge in [-0.05, 0) is 30.0 Å². The number of aromatic nitrogens is 3. The van der Waals surface area contributed by atoms with Crippen LogP contribution in [-0.2, 0) is 11.2 Å². The Hall–Kier alpha value is -2.94. The zero-order chi connectivity index (χ0) is 16.8. The van der Waals surface area contributed by atoms with Crippen molar-refractivity contribution in [2.45, 2.75) is 19.3 Å². The summed E-state index contributed by atoms with van der Waals surface area (Å²) in [6, 6.07) is 7.15. The molecule has 3 rings (SSSR count). The van der Waals surface area contributed by atoms with Crippen molar-refractivity contribution in [3.05, 3.63) is 47.4 Å². The number of H-pyrrole nitrogens is 1. The van der Waals surface area contributed by atoms with Gasteiger partial charge in [-0.2, -0.15) is 4.98 Å². The predicted octanol–water partition coefficient (Wildman–Crippen LogP) is 1.91. The second-order valence-corrected chi connectivity index (χ2v) is 5.88. The van der Waals surface area contributed by atoms with Crippen LogP contribution in [0.15, 0.2) is 40.4 Å². The number of carbonyl (C=O) groups excluding carboxylic acids is 2. The lowest BCUT2D eigenvalue weighted by molar-refractivity contribution is -0.121. The lowest BCUT2D eigenvalue weighted by atomic mass is 10.2. The second-order valence-electron chi connectivity index (χ2n) is 4.93. The second kappa shape index (κ2) is 7.55. The van der Waals surface area contributed by atoms with Crippen LogP contribution in [0, 0.1) is 0 Å². The summed E-state index contributed by atoms with van der Waals surface area (Å²) in [5.41, 5.74) is 5.07. The number of hydrazine groups is 1. The highest BCUT2D eigenvalue weighted by Gasteiger charge is 2.11. The van der Waals surface area contributed by atoms with Gasteiger partial charge in [-0.1, -0.05) is 11.2 Å². The Morgan fingerprint density at radius 3 is 2.92 bits per heavy atom. The minimum atomic E-state index is -0.397. The van der Waals surface area contributed by atoms with Crippen molar-refractivity contribution in [2.24, 2.45) is 0 Å². The number of carbonyl (C=O) groups is 2. The average Bonchev–Trinajstić information content (AvgIpc) is 3.33. The van der Waals surface area contributed by atoms with Crippen LogP contribution < -0.4 is 10.9 Å². The fourth-order valence-electron chi connectivity index (χ4n) is 1.99. The molecule has 0 atom stereocenters. The van der Waals surface area contributed by atoms with E-state index >= 15 is 0 Å². The van der Waals surface area contributed by atoms with E-state index in [4.69, 9.17) is 4.52 Å². The molecule has 0 aliphatic heterocycles. The van der Waals surface area contributed by atoms with Crippen molar-refractivity contribution in [3.8, 4) is 10.7 Å². The topological polar surface area (TPSA) is 113 Å². The van der Waals surface area contributed by atoms with Gasteiger partial charge in [0.15, 0.2) is 0 Å². The van der Waals surface area contributed by atoms with Gasteiger partial charge in [0, 0.05) is 19.0 Å². The molecular weight excluding hydrogens is 330 g/mol. The number of rotatable bonds is 6. The van der Waals surface area contributed by atoms with E-state index < -0.39 is 5.91 Å². The van der Waals surface area contributed by atoms with E-state index in [2.05, 4.69) is 26.0 Å². The maximum absolute atomic E-state index is 11.7. The fourth-order valence-corrected chi connectivity index (χ4v) is 2.64. The molecule has 24 heavy (non-hydrogen) atoms. The molecule has 8 nitrogen and oxygen atoms in total. The summed E-state index contributed by atoms with van der Waals surface area (Å²) < 4.78 is 5.16. The van der Waals surface area contributed by atoms with Gasteiger partial charge in [0.2, 0.25) is 17.6 Å². The van der Waals surface area contributed by atoms with E-state index in [0.717, 1.165) is 4.88 Å². The Morgan fingerprint density at radius 1 is 1.25 bits per heavy atom. The van der Waals surface area contributed by atoms with E-state index in [-0.39, 0.29) is 12.3 Å². The smallest absolute Gasteiger partial charge is 0.286 e. The summed E-state index contributed by atoms with van der Waals surface area (Å²) in [6.07, 6.45) is 2.90. The van der Waals surface area contributed by atoms with Crippen molar-refractivity contribution >= 4 is 23.2 Å². The van der Waals surface area contributed by atoms with E-state index in [0.29, 0.717) is 30.3 Å². The van der Waals surface area contributed by atoms with Crippen LogP contribution in [0.25, 0.3) is 10.7 Å². The van der Waals surface area contributed by atoms with Crippen LogP contribution >= 0.6 is 11.3 Å². The number of thiophene rings is 1. The molecule has 0 aliphatic carbocycles. The SMILES string of the molecule is O=C(CCCc1nc(-c2cccs2)no1)NNC(=O)c1ccc[nH]1. The number of hydrogen-bond acceptors (Lipinski definition) is 6. The highest BCUT2D eigenvalue weighted by atomic mass is 32.1. The summed E-state index contributed by atoms with van der Waals surface area (Å²) in [5, 5.41) is 5.85. The monoisotopic (exact) mass is 345 g/mol. The molecule has 9 heteroatoms. The lowest BCUT2D eigenvalue weighted by Crippen LogP contribution is -2.41. The maximum atomic E-state index is 11.7. The fraction of sp³-hybridized carbons (Fsp3) is 0.200. The van der Waals surface area contributed by atoms with E-state index in [9.17, 15) is 9.59 Å².